The molecular formula is C11H14FNOS. The number of aliphatic hydroxyl groups excluding tert-OH is 1. The molecule has 1 atom stereocenters. The summed E-state index contributed by atoms with van der Waals surface area (Å²) < 4.78 is 13.0. The minimum atomic E-state index is -0.185. The summed E-state index contributed by atoms with van der Waals surface area (Å²) in [6, 6.07) is 5.21. The molecule has 0 amide bonds. The molecule has 2 rings (SSSR count). The van der Waals surface area contributed by atoms with E-state index in [9.17, 15) is 4.39 Å². The Bertz CT molecular complexity index is 358. The van der Waals surface area contributed by atoms with Crippen LogP contribution in [0.3, 0.4) is 0 Å². The van der Waals surface area contributed by atoms with Crippen LogP contribution >= 0.6 is 11.8 Å². The van der Waals surface area contributed by atoms with Gasteiger partial charge in [0.1, 0.15) is 5.82 Å². The van der Waals surface area contributed by atoms with Gasteiger partial charge in [-0.15, -0.1) is 11.8 Å². The van der Waals surface area contributed by atoms with E-state index in [0.717, 1.165) is 22.8 Å². The van der Waals surface area contributed by atoms with Crippen LogP contribution < -0.4 is 4.90 Å². The lowest BCUT2D eigenvalue weighted by molar-refractivity contribution is 0.278. The van der Waals surface area contributed by atoms with Crippen LogP contribution in [-0.4, -0.2) is 30.6 Å². The molecule has 0 spiro atoms. The molecule has 0 saturated carbocycles. The third kappa shape index (κ3) is 2.11. The van der Waals surface area contributed by atoms with Gasteiger partial charge >= 0.3 is 0 Å². The van der Waals surface area contributed by atoms with Gasteiger partial charge in [0.15, 0.2) is 0 Å². The molecule has 82 valence electrons. The summed E-state index contributed by atoms with van der Waals surface area (Å²) in [6.07, 6.45) is 0.764. The average Bonchev–Trinajstić information content (AvgIpc) is 2.22. The standard InChI is InChI=1S/C11H14FNOS/c1-13-9(4-5-14)7-15-11-6-8(12)2-3-10(11)13/h2-3,6,9,14H,4-5,7H2,1H3. The zero-order valence-electron chi connectivity index (χ0n) is 8.61. The first-order chi connectivity index (χ1) is 7.22. The van der Waals surface area contributed by atoms with E-state index in [1.54, 1.807) is 23.9 Å². The summed E-state index contributed by atoms with van der Waals surface area (Å²) in [6.45, 7) is 0.200. The van der Waals surface area contributed by atoms with Crippen molar-refractivity contribution in [2.45, 2.75) is 17.4 Å². The van der Waals surface area contributed by atoms with Crippen LogP contribution in [0.5, 0.6) is 0 Å². The fraction of sp³-hybridized carbons (Fsp3) is 0.455. The summed E-state index contributed by atoms with van der Waals surface area (Å²) >= 11 is 1.66. The molecule has 0 fully saturated rings. The van der Waals surface area contributed by atoms with Crippen LogP contribution in [0.1, 0.15) is 6.42 Å². The first kappa shape index (κ1) is 10.8. The normalized spacial score (nSPS) is 20.2. The van der Waals surface area contributed by atoms with Gasteiger partial charge in [0.25, 0.3) is 0 Å². The van der Waals surface area contributed by atoms with Crippen LogP contribution in [0.15, 0.2) is 23.1 Å². The lowest BCUT2D eigenvalue weighted by Gasteiger charge is -2.35. The third-order valence-electron chi connectivity index (χ3n) is 2.74. The molecule has 1 aromatic rings. The van der Waals surface area contributed by atoms with E-state index in [1.807, 2.05) is 7.05 Å². The molecule has 1 unspecified atom stereocenters. The largest absolute Gasteiger partial charge is 0.396 e. The van der Waals surface area contributed by atoms with Crippen LogP contribution in [-0.2, 0) is 0 Å². The van der Waals surface area contributed by atoms with Crippen molar-refractivity contribution in [1.29, 1.82) is 0 Å². The van der Waals surface area contributed by atoms with Crippen molar-refractivity contribution in [1.82, 2.24) is 0 Å². The Morgan fingerprint density at radius 1 is 1.60 bits per heavy atom. The first-order valence-electron chi connectivity index (χ1n) is 4.98. The Morgan fingerprint density at radius 3 is 3.13 bits per heavy atom. The second-order valence-electron chi connectivity index (χ2n) is 3.70. The van der Waals surface area contributed by atoms with Crippen LogP contribution in [0.2, 0.25) is 0 Å². The molecule has 1 aliphatic rings. The molecule has 0 radical (unpaired) electrons. The number of thioether (sulfide) groups is 1. The monoisotopic (exact) mass is 227 g/mol. The van der Waals surface area contributed by atoms with Gasteiger partial charge in [-0.3, -0.25) is 0 Å². The quantitative estimate of drug-likeness (QED) is 0.837. The van der Waals surface area contributed by atoms with Gasteiger partial charge in [-0.2, -0.15) is 0 Å². The van der Waals surface area contributed by atoms with E-state index in [1.165, 1.54) is 6.07 Å². The van der Waals surface area contributed by atoms with E-state index < -0.39 is 0 Å². The highest BCUT2D eigenvalue weighted by atomic mass is 32.2. The van der Waals surface area contributed by atoms with Crippen molar-refractivity contribution in [2.75, 3.05) is 24.3 Å². The van der Waals surface area contributed by atoms with Crippen LogP contribution in [0, 0.1) is 5.82 Å². The Labute approximate surface area is 93.1 Å². The molecule has 0 bridgehead atoms. The Kier molecular flexibility index (Phi) is 3.17. The molecule has 1 aliphatic heterocycles. The summed E-state index contributed by atoms with van der Waals surface area (Å²) in [5.41, 5.74) is 1.06. The van der Waals surface area contributed by atoms with Gasteiger partial charge in [0.05, 0.1) is 5.69 Å². The number of hydrogen-bond donors (Lipinski definition) is 1. The summed E-state index contributed by atoms with van der Waals surface area (Å²) in [5.74, 6) is 0.725. The van der Waals surface area contributed by atoms with Gasteiger partial charge < -0.3 is 10.0 Å². The molecule has 15 heavy (non-hydrogen) atoms. The van der Waals surface area contributed by atoms with E-state index in [2.05, 4.69) is 4.90 Å². The highest BCUT2D eigenvalue weighted by molar-refractivity contribution is 7.99. The SMILES string of the molecule is CN1c2ccc(F)cc2SCC1CCO. The second-order valence-corrected chi connectivity index (χ2v) is 4.76. The predicted octanol–water partition coefficient (Wildman–Crippen LogP) is 2.12. The molecule has 4 heteroatoms. The Balaban J connectivity index is 2.26. The minimum absolute atomic E-state index is 0.185. The molecular weight excluding hydrogens is 213 g/mol. The predicted molar refractivity (Wildman–Crippen MR) is 61.0 cm³/mol. The van der Waals surface area contributed by atoms with Crippen molar-refractivity contribution in [3.05, 3.63) is 24.0 Å². The van der Waals surface area contributed by atoms with E-state index in [-0.39, 0.29) is 12.4 Å². The van der Waals surface area contributed by atoms with Gasteiger partial charge in [-0.25, -0.2) is 4.39 Å². The maximum absolute atomic E-state index is 13.0. The molecule has 1 heterocycles. The molecule has 1 aromatic carbocycles. The first-order valence-corrected chi connectivity index (χ1v) is 5.97. The number of benzene rings is 1. The molecule has 1 N–H and O–H groups in total. The number of nitrogens with zero attached hydrogens (tertiary/aromatic N) is 1. The number of halogens is 1. The Morgan fingerprint density at radius 2 is 2.40 bits per heavy atom. The van der Waals surface area contributed by atoms with Crippen molar-refractivity contribution in [3.63, 3.8) is 0 Å². The molecule has 0 aromatic heterocycles. The number of aliphatic hydroxyl groups is 1. The fourth-order valence-electron chi connectivity index (χ4n) is 1.82. The summed E-state index contributed by atoms with van der Waals surface area (Å²) in [4.78, 5) is 3.12. The second kappa shape index (κ2) is 4.41. The molecule has 0 saturated heterocycles. The third-order valence-corrected chi connectivity index (χ3v) is 3.93. The van der Waals surface area contributed by atoms with Gasteiger partial charge in [0.2, 0.25) is 0 Å². The highest BCUT2D eigenvalue weighted by Crippen LogP contribution is 2.37. The maximum Gasteiger partial charge on any atom is 0.124 e. The van der Waals surface area contributed by atoms with Gasteiger partial charge in [0, 0.05) is 30.3 Å². The van der Waals surface area contributed by atoms with E-state index >= 15 is 0 Å². The molecule has 0 aliphatic carbocycles. The van der Waals surface area contributed by atoms with Gasteiger partial charge in [-0.1, -0.05) is 0 Å². The van der Waals surface area contributed by atoms with Crippen molar-refractivity contribution < 1.29 is 9.50 Å². The van der Waals surface area contributed by atoms with Crippen LogP contribution in [0.4, 0.5) is 10.1 Å². The van der Waals surface area contributed by atoms with Crippen molar-refractivity contribution in [3.8, 4) is 0 Å². The number of hydrogen-bond acceptors (Lipinski definition) is 3. The maximum atomic E-state index is 13.0. The van der Waals surface area contributed by atoms with E-state index in [0.29, 0.717) is 6.04 Å². The number of fused-ring (bicyclic) bond motifs is 1. The highest BCUT2D eigenvalue weighted by Gasteiger charge is 2.23. The topological polar surface area (TPSA) is 23.5 Å². The number of rotatable bonds is 2. The molecule has 2 nitrogen and oxygen atoms in total. The van der Waals surface area contributed by atoms with E-state index in [4.69, 9.17) is 5.11 Å². The van der Waals surface area contributed by atoms with Crippen LogP contribution in [0.25, 0.3) is 0 Å². The lowest BCUT2D eigenvalue weighted by atomic mass is 10.2. The zero-order chi connectivity index (χ0) is 10.8. The fourth-order valence-corrected chi connectivity index (χ4v) is 3.13. The number of anilines is 1. The lowest BCUT2D eigenvalue weighted by Crippen LogP contribution is -2.37. The minimum Gasteiger partial charge on any atom is -0.396 e. The average molecular weight is 227 g/mol. The van der Waals surface area contributed by atoms with Crippen molar-refractivity contribution >= 4 is 17.4 Å². The zero-order valence-corrected chi connectivity index (χ0v) is 9.43. The van der Waals surface area contributed by atoms with Gasteiger partial charge in [-0.05, 0) is 24.6 Å². The Hall–Kier alpha value is -0.740. The van der Waals surface area contributed by atoms with Crippen molar-refractivity contribution in [2.24, 2.45) is 0 Å². The smallest absolute Gasteiger partial charge is 0.124 e. The summed E-state index contributed by atoms with van der Waals surface area (Å²) in [5, 5.41) is 8.93. The summed E-state index contributed by atoms with van der Waals surface area (Å²) in [7, 11) is 2.00.